The highest BCUT2D eigenvalue weighted by atomic mass is 16.5. The Morgan fingerprint density at radius 3 is 2.46 bits per heavy atom. The average Bonchev–Trinajstić information content (AvgIpc) is 3.04. The van der Waals surface area contributed by atoms with Gasteiger partial charge in [0.05, 0.1) is 31.3 Å². The Labute approximate surface area is 164 Å². The second kappa shape index (κ2) is 6.55. The molecule has 0 N–H and O–H groups in total. The zero-order valence-electron chi connectivity index (χ0n) is 15.7. The average molecular weight is 369 g/mol. The highest BCUT2D eigenvalue weighted by Gasteiger charge is 2.63. The molecule has 0 radical (unpaired) electrons. The van der Waals surface area contributed by atoms with E-state index in [4.69, 9.17) is 4.74 Å². The molecule has 2 aliphatic rings. The van der Waals surface area contributed by atoms with Gasteiger partial charge in [-0.15, -0.1) is 0 Å². The number of hydrogen-bond donors (Lipinski definition) is 0. The van der Waals surface area contributed by atoms with Crippen molar-refractivity contribution in [3.8, 4) is 17.9 Å². The van der Waals surface area contributed by atoms with E-state index < -0.39 is 23.4 Å². The van der Waals surface area contributed by atoms with Crippen LogP contribution < -0.4 is 9.64 Å². The fraction of sp³-hybridized carbons (Fsp3) is 0.261. The van der Waals surface area contributed by atoms with Crippen LogP contribution in [0.5, 0.6) is 5.75 Å². The van der Waals surface area contributed by atoms with E-state index in [1.54, 1.807) is 13.2 Å². The molecule has 138 valence electrons. The van der Waals surface area contributed by atoms with Gasteiger partial charge in [-0.1, -0.05) is 48.6 Å². The van der Waals surface area contributed by atoms with Gasteiger partial charge in [0.1, 0.15) is 5.75 Å². The summed E-state index contributed by atoms with van der Waals surface area (Å²) in [7, 11) is 1.56. The SMILES string of the molecule is COc1ccccc1[C@@H]1[C@@H](C(C)=O)N2c3ccccc3C=C[C@@H]2C1(C#N)C#N. The summed E-state index contributed by atoms with van der Waals surface area (Å²) >= 11 is 0. The first-order valence-corrected chi connectivity index (χ1v) is 9.10. The van der Waals surface area contributed by atoms with Gasteiger partial charge in [-0.05, 0) is 24.6 Å². The topological polar surface area (TPSA) is 77.1 Å². The van der Waals surface area contributed by atoms with Gasteiger partial charge in [-0.2, -0.15) is 10.5 Å². The van der Waals surface area contributed by atoms with Gasteiger partial charge in [-0.25, -0.2) is 0 Å². The quantitative estimate of drug-likeness (QED) is 0.825. The van der Waals surface area contributed by atoms with Crippen LogP contribution in [0.1, 0.15) is 24.0 Å². The molecular weight excluding hydrogens is 350 g/mol. The van der Waals surface area contributed by atoms with Gasteiger partial charge in [0.2, 0.25) is 0 Å². The van der Waals surface area contributed by atoms with E-state index in [9.17, 15) is 15.3 Å². The third kappa shape index (κ3) is 2.27. The summed E-state index contributed by atoms with van der Waals surface area (Å²) in [6, 6.07) is 18.5. The molecule has 1 saturated heterocycles. The third-order valence-electron chi connectivity index (χ3n) is 5.81. The lowest BCUT2D eigenvalue weighted by atomic mass is 9.69. The van der Waals surface area contributed by atoms with Gasteiger partial charge in [0.25, 0.3) is 0 Å². The molecule has 0 unspecified atom stereocenters. The lowest BCUT2D eigenvalue weighted by Crippen LogP contribution is -2.43. The maximum Gasteiger partial charge on any atom is 0.176 e. The lowest BCUT2D eigenvalue weighted by Gasteiger charge is -2.35. The summed E-state index contributed by atoms with van der Waals surface area (Å²) in [6.45, 7) is 1.52. The number of carbonyl (C=O) groups excluding carboxylic acids is 1. The summed E-state index contributed by atoms with van der Waals surface area (Å²) in [5.41, 5.74) is 1.11. The standard InChI is InChI=1S/C23H19N3O2/c1-15(27)22-21(17-8-4-6-10-19(17)28-2)23(13-24,14-25)20-12-11-16-7-3-5-9-18(16)26(20)22/h3-12,20-22H,1-2H3/t20-,21-,22-/m1/s1. The van der Waals surface area contributed by atoms with Gasteiger partial charge < -0.3 is 9.64 Å². The summed E-state index contributed by atoms with van der Waals surface area (Å²) in [4.78, 5) is 14.8. The largest absolute Gasteiger partial charge is 0.496 e. The van der Waals surface area contributed by atoms with Crippen molar-refractivity contribution in [2.75, 3.05) is 12.0 Å². The molecule has 0 bridgehead atoms. The van der Waals surface area contributed by atoms with Crippen molar-refractivity contribution in [1.82, 2.24) is 0 Å². The number of nitrogens with zero attached hydrogens (tertiary/aromatic N) is 3. The monoisotopic (exact) mass is 369 g/mol. The summed E-state index contributed by atoms with van der Waals surface area (Å²) in [5, 5.41) is 20.4. The van der Waals surface area contributed by atoms with Crippen molar-refractivity contribution >= 4 is 17.5 Å². The van der Waals surface area contributed by atoms with Crippen LogP contribution in [0.2, 0.25) is 0 Å². The summed E-state index contributed by atoms with van der Waals surface area (Å²) in [6.07, 6.45) is 3.81. The van der Waals surface area contributed by atoms with Crippen molar-refractivity contribution in [3.63, 3.8) is 0 Å². The van der Waals surface area contributed by atoms with E-state index >= 15 is 0 Å². The number of Topliss-reactive ketones (excluding diaryl/α,β-unsaturated/α-hetero) is 1. The Kier molecular flexibility index (Phi) is 4.17. The number of methoxy groups -OCH3 is 1. The van der Waals surface area contributed by atoms with E-state index in [0.29, 0.717) is 11.3 Å². The molecule has 3 atom stereocenters. The van der Waals surface area contributed by atoms with E-state index in [1.807, 2.05) is 59.5 Å². The maximum atomic E-state index is 12.9. The molecule has 28 heavy (non-hydrogen) atoms. The number of ketones is 1. The Morgan fingerprint density at radius 2 is 1.79 bits per heavy atom. The molecule has 0 amide bonds. The summed E-state index contributed by atoms with van der Waals surface area (Å²) in [5.74, 6) is -0.152. The van der Waals surface area contributed by atoms with E-state index in [1.165, 1.54) is 6.92 Å². The molecule has 4 rings (SSSR count). The zero-order chi connectivity index (χ0) is 19.9. The Bertz CT molecular complexity index is 1050. The van der Waals surface area contributed by atoms with E-state index in [0.717, 1.165) is 11.3 Å². The molecule has 0 aromatic heterocycles. The van der Waals surface area contributed by atoms with Crippen molar-refractivity contribution in [2.24, 2.45) is 5.41 Å². The number of benzene rings is 2. The minimum atomic E-state index is -1.42. The minimum Gasteiger partial charge on any atom is -0.496 e. The molecule has 2 aromatic carbocycles. The van der Waals surface area contributed by atoms with Crippen molar-refractivity contribution in [1.29, 1.82) is 10.5 Å². The minimum absolute atomic E-state index is 0.0848. The number of hydrogen-bond acceptors (Lipinski definition) is 5. The normalized spacial score (nSPS) is 23.9. The van der Waals surface area contributed by atoms with Crippen LogP contribution in [-0.2, 0) is 4.79 Å². The molecule has 2 aliphatic heterocycles. The lowest BCUT2D eigenvalue weighted by molar-refractivity contribution is -0.118. The fourth-order valence-electron chi connectivity index (χ4n) is 4.65. The molecule has 0 saturated carbocycles. The first-order valence-electron chi connectivity index (χ1n) is 9.10. The summed E-state index contributed by atoms with van der Waals surface area (Å²) < 4.78 is 5.52. The fourth-order valence-corrected chi connectivity index (χ4v) is 4.65. The smallest absolute Gasteiger partial charge is 0.176 e. The van der Waals surface area contributed by atoms with Gasteiger partial charge >= 0.3 is 0 Å². The molecule has 2 aromatic rings. The second-order valence-electron chi connectivity index (χ2n) is 7.14. The Balaban J connectivity index is 2.03. The molecular formula is C23H19N3O2. The predicted molar refractivity (Wildman–Crippen MR) is 106 cm³/mol. The van der Waals surface area contributed by atoms with Gasteiger partial charge in [-0.3, -0.25) is 4.79 Å². The van der Waals surface area contributed by atoms with Crippen LogP contribution >= 0.6 is 0 Å². The second-order valence-corrected chi connectivity index (χ2v) is 7.14. The predicted octanol–water partition coefficient (Wildman–Crippen LogP) is 3.69. The molecule has 2 heterocycles. The van der Waals surface area contributed by atoms with Crippen LogP contribution in [0.3, 0.4) is 0 Å². The molecule has 0 aliphatic carbocycles. The highest BCUT2D eigenvalue weighted by molar-refractivity contribution is 5.91. The number of nitriles is 2. The zero-order valence-corrected chi connectivity index (χ0v) is 15.7. The van der Waals surface area contributed by atoms with Crippen molar-refractivity contribution in [3.05, 3.63) is 65.7 Å². The van der Waals surface area contributed by atoms with Gasteiger partial charge in [0.15, 0.2) is 11.2 Å². The molecule has 1 fully saturated rings. The number of para-hydroxylation sites is 2. The van der Waals surface area contributed by atoms with Crippen LogP contribution in [0, 0.1) is 28.1 Å². The van der Waals surface area contributed by atoms with Crippen LogP contribution in [-0.4, -0.2) is 25.0 Å². The maximum absolute atomic E-state index is 12.9. The van der Waals surface area contributed by atoms with Crippen molar-refractivity contribution in [2.45, 2.75) is 24.9 Å². The van der Waals surface area contributed by atoms with Crippen LogP contribution in [0.25, 0.3) is 6.08 Å². The number of ether oxygens (including phenoxy) is 1. The van der Waals surface area contributed by atoms with Crippen molar-refractivity contribution < 1.29 is 9.53 Å². The first-order chi connectivity index (χ1) is 13.6. The van der Waals surface area contributed by atoms with Gasteiger partial charge in [0, 0.05) is 17.2 Å². The van der Waals surface area contributed by atoms with E-state index in [2.05, 4.69) is 12.1 Å². The number of fused-ring (bicyclic) bond motifs is 3. The number of rotatable bonds is 3. The third-order valence-corrected chi connectivity index (χ3v) is 5.81. The van der Waals surface area contributed by atoms with Crippen LogP contribution in [0.15, 0.2) is 54.6 Å². The van der Waals surface area contributed by atoms with E-state index in [-0.39, 0.29) is 5.78 Å². The van der Waals surface area contributed by atoms with Crippen LogP contribution in [0.4, 0.5) is 5.69 Å². The first kappa shape index (κ1) is 17.8. The molecule has 0 spiro atoms. The molecule has 5 heteroatoms. The molecule has 5 nitrogen and oxygen atoms in total. The number of anilines is 1. The Morgan fingerprint density at radius 1 is 1.11 bits per heavy atom. The Hall–Kier alpha value is -3.57. The number of carbonyl (C=O) groups is 1. The highest BCUT2D eigenvalue weighted by Crippen LogP contribution is 2.56.